The average Bonchev–Trinajstić information content (AvgIpc) is 3.02. The Morgan fingerprint density at radius 2 is 1.83 bits per heavy atom. The van der Waals surface area contributed by atoms with E-state index in [1.54, 1.807) is 19.1 Å². The van der Waals surface area contributed by atoms with Crippen molar-refractivity contribution in [3.05, 3.63) is 23.3 Å². The van der Waals surface area contributed by atoms with E-state index >= 15 is 0 Å². The van der Waals surface area contributed by atoms with Crippen LogP contribution in [0.3, 0.4) is 0 Å². The third-order valence-electron chi connectivity index (χ3n) is 5.08. The Hall–Kier alpha value is -2.24. The number of rotatable bonds is 5. The number of fused-ring (bicyclic) bond motifs is 1. The fourth-order valence-electron chi connectivity index (χ4n) is 3.65. The molecule has 1 aliphatic carbocycles. The summed E-state index contributed by atoms with van der Waals surface area (Å²) in [6.07, 6.45) is 3.32. The molecule has 3 rings (SSSR count). The predicted molar refractivity (Wildman–Crippen MR) is 89.4 cm³/mol. The van der Waals surface area contributed by atoms with Crippen LogP contribution in [0.25, 0.3) is 0 Å². The summed E-state index contributed by atoms with van der Waals surface area (Å²) in [6, 6.07) is 4.05. The average molecular weight is 332 g/mol. The van der Waals surface area contributed by atoms with Gasteiger partial charge in [0.15, 0.2) is 11.5 Å². The largest absolute Gasteiger partial charge is 0.493 e. The molecule has 6 nitrogen and oxygen atoms in total. The standard InChI is InChI=1S/C18H24N2O4/c1-23-16-9-13-3-4-14(15(13)11-17(16)24-2)10-18(22)20-7-5-19(12-21)6-8-20/h9,11-12,14H,3-8,10H2,1-2H3. The Morgan fingerprint density at radius 1 is 1.17 bits per heavy atom. The molecule has 24 heavy (non-hydrogen) atoms. The maximum Gasteiger partial charge on any atom is 0.223 e. The zero-order valence-electron chi connectivity index (χ0n) is 14.3. The summed E-state index contributed by atoms with van der Waals surface area (Å²) in [5, 5.41) is 0. The van der Waals surface area contributed by atoms with E-state index in [2.05, 4.69) is 0 Å². The number of carbonyl (C=O) groups is 2. The molecule has 0 aromatic heterocycles. The summed E-state index contributed by atoms with van der Waals surface area (Å²) < 4.78 is 10.8. The molecule has 0 N–H and O–H groups in total. The number of hydrogen-bond acceptors (Lipinski definition) is 4. The molecule has 1 fully saturated rings. The van der Waals surface area contributed by atoms with Crippen molar-refractivity contribution in [1.29, 1.82) is 0 Å². The minimum Gasteiger partial charge on any atom is -0.493 e. The summed E-state index contributed by atoms with van der Waals surface area (Å²) in [4.78, 5) is 27.0. The highest BCUT2D eigenvalue weighted by atomic mass is 16.5. The highest BCUT2D eigenvalue weighted by Gasteiger charge is 2.29. The normalized spacial score (nSPS) is 19.8. The molecule has 2 amide bonds. The second-order valence-corrected chi connectivity index (χ2v) is 6.37. The molecule has 1 aromatic rings. The van der Waals surface area contributed by atoms with Crippen molar-refractivity contribution in [2.45, 2.75) is 25.2 Å². The van der Waals surface area contributed by atoms with Crippen molar-refractivity contribution in [1.82, 2.24) is 9.80 Å². The number of ether oxygens (including phenoxy) is 2. The quantitative estimate of drug-likeness (QED) is 0.765. The van der Waals surface area contributed by atoms with Gasteiger partial charge in [-0.05, 0) is 42.0 Å². The van der Waals surface area contributed by atoms with Crippen LogP contribution in [0.2, 0.25) is 0 Å². The van der Waals surface area contributed by atoms with Crippen LogP contribution in [-0.2, 0) is 16.0 Å². The summed E-state index contributed by atoms with van der Waals surface area (Å²) in [7, 11) is 3.27. The minimum atomic E-state index is 0.174. The molecule has 6 heteroatoms. The third-order valence-corrected chi connectivity index (χ3v) is 5.08. The topological polar surface area (TPSA) is 59.1 Å². The van der Waals surface area contributed by atoms with Crippen LogP contribution in [0.1, 0.15) is 29.9 Å². The van der Waals surface area contributed by atoms with E-state index in [4.69, 9.17) is 9.47 Å². The SMILES string of the molecule is COc1cc2c(cc1OC)C(CC(=O)N1CCN(C=O)CC1)CC2. The highest BCUT2D eigenvalue weighted by molar-refractivity contribution is 5.77. The van der Waals surface area contributed by atoms with E-state index in [0.29, 0.717) is 32.6 Å². The van der Waals surface area contributed by atoms with E-state index < -0.39 is 0 Å². The van der Waals surface area contributed by atoms with Crippen LogP contribution >= 0.6 is 0 Å². The Balaban J connectivity index is 1.68. The van der Waals surface area contributed by atoms with Gasteiger partial charge in [0, 0.05) is 32.6 Å². The van der Waals surface area contributed by atoms with Gasteiger partial charge in [-0.15, -0.1) is 0 Å². The van der Waals surface area contributed by atoms with Crippen molar-refractivity contribution < 1.29 is 19.1 Å². The van der Waals surface area contributed by atoms with Crippen molar-refractivity contribution in [3.63, 3.8) is 0 Å². The number of methoxy groups -OCH3 is 2. The number of amides is 2. The van der Waals surface area contributed by atoms with Crippen LogP contribution in [0, 0.1) is 0 Å². The van der Waals surface area contributed by atoms with Gasteiger partial charge in [-0.2, -0.15) is 0 Å². The first kappa shape index (κ1) is 16.6. The minimum absolute atomic E-state index is 0.174. The zero-order chi connectivity index (χ0) is 17.1. The highest BCUT2D eigenvalue weighted by Crippen LogP contribution is 2.42. The van der Waals surface area contributed by atoms with Gasteiger partial charge in [0.1, 0.15) is 0 Å². The van der Waals surface area contributed by atoms with Crippen LogP contribution in [-0.4, -0.2) is 62.5 Å². The fraction of sp³-hybridized carbons (Fsp3) is 0.556. The lowest BCUT2D eigenvalue weighted by atomic mass is 9.96. The molecule has 130 valence electrons. The summed E-state index contributed by atoms with van der Waals surface area (Å²) in [6.45, 7) is 2.51. The fourth-order valence-corrected chi connectivity index (χ4v) is 3.65. The van der Waals surface area contributed by atoms with Gasteiger partial charge in [0.05, 0.1) is 14.2 Å². The van der Waals surface area contributed by atoms with Gasteiger partial charge in [-0.1, -0.05) is 0 Å². The van der Waals surface area contributed by atoms with Gasteiger partial charge >= 0.3 is 0 Å². The van der Waals surface area contributed by atoms with Crippen LogP contribution in [0.4, 0.5) is 0 Å². The maximum absolute atomic E-state index is 12.6. The number of nitrogens with zero attached hydrogens (tertiary/aromatic N) is 2. The third kappa shape index (κ3) is 3.18. The lowest BCUT2D eigenvalue weighted by Gasteiger charge is -2.33. The number of aryl methyl sites for hydroxylation is 1. The second-order valence-electron chi connectivity index (χ2n) is 6.37. The van der Waals surface area contributed by atoms with Crippen molar-refractivity contribution in [3.8, 4) is 11.5 Å². The van der Waals surface area contributed by atoms with Gasteiger partial charge in [-0.25, -0.2) is 0 Å². The number of benzene rings is 1. The van der Waals surface area contributed by atoms with Crippen molar-refractivity contribution in [2.75, 3.05) is 40.4 Å². The van der Waals surface area contributed by atoms with E-state index in [1.807, 2.05) is 17.0 Å². The molecule has 0 spiro atoms. The lowest BCUT2D eigenvalue weighted by Crippen LogP contribution is -2.48. The van der Waals surface area contributed by atoms with Crippen LogP contribution < -0.4 is 9.47 Å². The molecular formula is C18H24N2O4. The Kier molecular flexibility index (Phi) is 4.92. The van der Waals surface area contributed by atoms with Crippen LogP contribution in [0.15, 0.2) is 12.1 Å². The predicted octanol–water partition coefficient (Wildman–Crippen LogP) is 1.42. The first-order chi connectivity index (χ1) is 11.7. The smallest absolute Gasteiger partial charge is 0.223 e. The van der Waals surface area contributed by atoms with E-state index in [0.717, 1.165) is 30.8 Å². The molecular weight excluding hydrogens is 308 g/mol. The number of carbonyl (C=O) groups excluding carboxylic acids is 2. The van der Waals surface area contributed by atoms with Gasteiger partial charge in [0.25, 0.3) is 0 Å². The van der Waals surface area contributed by atoms with Crippen molar-refractivity contribution in [2.24, 2.45) is 0 Å². The molecule has 1 saturated heterocycles. The molecule has 1 aromatic carbocycles. The first-order valence-corrected chi connectivity index (χ1v) is 8.38. The Bertz CT molecular complexity index is 624. The Labute approximate surface area is 142 Å². The number of piperazine rings is 1. The zero-order valence-corrected chi connectivity index (χ0v) is 14.3. The molecule has 0 bridgehead atoms. The lowest BCUT2D eigenvalue weighted by molar-refractivity contribution is -0.135. The van der Waals surface area contributed by atoms with E-state index in [1.165, 1.54) is 11.1 Å². The Morgan fingerprint density at radius 3 is 2.46 bits per heavy atom. The molecule has 1 aliphatic heterocycles. The summed E-state index contributed by atoms with van der Waals surface area (Å²) in [5.41, 5.74) is 2.45. The molecule has 1 heterocycles. The molecule has 1 atom stereocenters. The number of hydrogen-bond donors (Lipinski definition) is 0. The maximum atomic E-state index is 12.6. The van der Waals surface area contributed by atoms with Gasteiger partial charge in [0.2, 0.25) is 12.3 Å². The molecule has 1 unspecified atom stereocenters. The molecule has 0 radical (unpaired) electrons. The first-order valence-electron chi connectivity index (χ1n) is 8.38. The van der Waals surface area contributed by atoms with Gasteiger partial charge < -0.3 is 19.3 Å². The van der Waals surface area contributed by atoms with Crippen molar-refractivity contribution >= 4 is 12.3 Å². The van der Waals surface area contributed by atoms with E-state index in [-0.39, 0.29) is 11.8 Å². The van der Waals surface area contributed by atoms with Gasteiger partial charge in [-0.3, -0.25) is 9.59 Å². The molecule has 0 saturated carbocycles. The monoisotopic (exact) mass is 332 g/mol. The van der Waals surface area contributed by atoms with Crippen LogP contribution in [0.5, 0.6) is 11.5 Å². The van der Waals surface area contributed by atoms with E-state index in [9.17, 15) is 9.59 Å². The summed E-state index contributed by atoms with van der Waals surface area (Å²) >= 11 is 0. The summed E-state index contributed by atoms with van der Waals surface area (Å²) in [5.74, 6) is 1.87. The second kappa shape index (κ2) is 7.11. The molecule has 2 aliphatic rings.